The lowest BCUT2D eigenvalue weighted by atomic mass is 10.1. The molecule has 9 nitrogen and oxygen atoms in total. The topological polar surface area (TPSA) is 121 Å². The molecule has 0 atom stereocenters. The summed E-state index contributed by atoms with van der Waals surface area (Å²) in [7, 11) is 1.60. The van der Waals surface area contributed by atoms with Gasteiger partial charge in [0.05, 0.1) is 52.9 Å². The molecule has 0 spiro atoms. The number of amides is 2. The summed E-state index contributed by atoms with van der Waals surface area (Å²) >= 11 is 0. The Morgan fingerprint density at radius 2 is 1.34 bits per heavy atom. The van der Waals surface area contributed by atoms with Crippen molar-refractivity contribution < 1.29 is 28.5 Å². The van der Waals surface area contributed by atoms with Crippen molar-refractivity contribution in [1.82, 2.24) is 10.6 Å². The summed E-state index contributed by atoms with van der Waals surface area (Å²) in [6, 6.07) is 7.19. The fourth-order valence-corrected chi connectivity index (χ4v) is 2.18. The van der Waals surface area contributed by atoms with Crippen LogP contribution in [0.5, 0.6) is 0 Å². The van der Waals surface area contributed by atoms with Crippen LogP contribution in [0.1, 0.15) is 22.3 Å². The van der Waals surface area contributed by atoms with E-state index in [0.717, 1.165) is 5.56 Å². The average Bonchev–Trinajstić information content (AvgIpc) is 2.76. The fourth-order valence-electron chi connectivity index (χ4n) is 2.18. The predicted molar refractivity (Wildman–Crippen MR) is 109 cm³/mol. The van der Waals surface area contributed by atoms with E-state index in [0.29, 0.717) is 77.9 Å². The second kappa shape index (κ2) is 16.9. The van der Waals surface area contributed by atoms with Crippen LogP contribution in [0.2, 0.25) is 0 Å². The Balaban J connectivity index is 1.84. The van der Waals surface area contributed by atoms with Crippen LogP contribution < -0.4 is 16.4 Å². The summed E-state index contributed by atoms with van der Waals surface area (Å²) in [5.41, 5.74) is 7.12. The molecule has 4 N–H and O–H groups in total. The smallest absolute Gasteiger partial charge is 0.251 e. The Bertz CT molecular complexity index is 568. The number of carbonyl (C=O) groups excluding carboxylic acids is 2. The van der Waals surface area contributed by atoms with Crippen LogP contribution in [0.3, 0.4) is 0 Å². The summed E-state index contributed by atoms with van der Waals surface area (Å²) in [4.78, 5) is 22.9. The monoisotopic (exact) mass is 411 g/mol. The molecule has 0 saturated heterocycles. The molecule has 0 unspecified atom stereocenters. The normalized spacial score (nSPS) is 10.7. The Hall–Kier alpha value is -2.04. The molecule has 0 aliphatic rings. The molecule has 0 aliphatic carbocycles. The highest BCUT2D eigenvalue weighted by molar-refractivity contribution is 5.94. The number of benzene rings is 1. The highest BCUT2D eigenvalue weighted by atomic mass is 16.6. The first-order valence-corrected chi connectivity index (χ1v) is 9.76. The number of carbonyl (C=O) groups is 2. The molecular weight excluding hydrogens is 378 g/mol. The van der Waals surface area contributed by atoms with Crippen molar-refractivity contribution in [3.63, 3.8) is 0 Å². The minimum atomic E-state index is -0.136. The molecule has 0 radical (unpaired) electrons. The van der Waals surface area contributed by atoms with Crippen LogP contribution in [0.15, 0.2) is 24.3 Å². The molecule has 1 aromatic carbocycles. The lowest BCUT2D eigenvalue weighted by Gasteiger charge is -2.08. The first kappa shape index (κ1) is 25.0. The highest BCUT2D eigenvalue weighted by Gasteiger charge is 2.04. The first-order chi connectivity index (χ1) is 14.2. The number of nitrogens with one attached hydrogen (secondary N) is 2. The Morgan fingerprint density at radius 1 is 0.828 bits per heavy atom. The predicted octanol–water partition coefficient (Wildman–Crippen LogP) is 0.0776. The van der Waals surface area contributed by atoms with Crippen molar-refractivity contribution in [1.29, 1.82) is 0 Å². The lowest BCUT2D eigenvalue weighted by molar-refractivity contribution is -0.121. The average molecular weight is 411 g/mol. The van der Waals surface area contributed by atoms with Crippen molar-refractivity contribution in [3.8, 4) is 0 Å². The minimum Gasteiger partial charge on any atom is -0.379 e. The third-order valence-corrected chi connectivity index (χ3v) is 3.85. The molecule has 1 aromatic rings. The maximum absolute atomic E-state index is 11.9. The van der Waals surface area contributed by atoms with Gasteiger partial charge in [0.25, 0.3) is 5.91 Å². The van der Waals surface area contributed by atoms with Gasteiger partial charge in [0.1, 0.15) is 0 Å². The van der Waals surface area contributed by atoms with Crippen LogP contribution in [-0.4, -0.2) is 78.3 Å². The third kappa shape index (κ3) is 12.9. The molecule has 0 aromatic heterocycles. The van der Waals surface area contributed by atoms with Crippen LogP contribution in [-0.2, 0) is 30.3 Å². The number of rotatable bonds is 17. The molecule has 9 heteroatoms. The summed E-state index contributed by atoms with van der Waals surface area (Å²) < 4.78 is 21.4. The molecule has 164 valence electrons. The summed E-state index contributed by atoms with van der Waals surface area (Å²) in [5.74, 6) is -0.176. The van der Waals surface area contributed by atoms with E-state index >= 15 is 0 Å². The Kier molecular flexibility index (Phi) is 14.5. The van der Waals surface area contributed by atoms with E-state index < -0.39 is 0 Å². The van der Waals surface area contributed by atoms with Gasteiger partial charge in [-0.2, -0.15) is 0 Å². The standard InChI is InChI=1S/C20H33N3O6/c1-22-19(24)6-8-26-10-12-28-14-15-29-13-11-27-9-7-23-20(25)18-4-2-17(16-21)3-5-18/h2-5H,6-16,21H2,1H3,(H,22,24)(H,23,25). The minimum absolute atomic E-state index is 0.0402. The maximum Gasteiger partial charge on any atom is 0.251 e. The molecule has 2 amide bonds. The van der Waals surface area contributed by atoms with E-state index in [9.17, 15) is 9.59 Å². The number of ether oxygens (including phenoxy) is 4. The van der Waals surface area contributed by atoms with Gasteiger partial charge in [0.2, 0.25) is 5.91 Å². The van der Waals surface area contributed by atoms with Gasteiger partial charge in [-0.25, -0.2) is 0 Å². The SMILES string of the molecule is CNC(=O)CCOCCOCCOCCOCCNC(=O)c1ccc(CN)cc1. The van der Waals surface area contributed by atoms with Gasteiger partial charge in [-0.05, 0) is 17.7 Å². The highest BCUT2D eigenvalue weighted by Crippen LogP contribution is 2.03. The molecule has 0 heterocycles. The molecule has 1 rings (SSSR count). The van der Waals surface area contributed by atoms with Gasteiger partial charge < -0.3 is 35.3 Å². The maximum atomic E-state index is 11.9. The van der Waals surface area contributed by atoms with Crippen LogP contribution in [0.25, 0.3) is 0 Å². The van der Waals surface area contributed by atoms with E-state index in [1.54, 1.807) is 19.2 Å². The van der Waals surface area contributed by atoms with E-state index in [1.165, 1.54) is 0 Å². The number of hydrogen-bond acceptors (Lipinski definition) is 7. The van der Waals surface area contributed by atoms with Gasteiger partial charge in [0, 0.05) is 32.1 Å². The van der Waals surface area contributed by atoms with Gasteiger partial charge in [-0.1, -0.05) is 12.1 Å². The van der Waals surface area contributed by atoms with E-state index in [4.69, 9.17) is 24.7 Å². The second-order valence-corrected chi connectivity index (χ2v) is 6.03. The quantitative estimate of drug-likeness (QED) is 0.310. The van der Waals surface area contributed by atoms with Crippen molar-refractivity contribution in [2.45, 2.75) is 13.0 Å². The van der Waals surface area contributed by atoms with Crippen molar-refractivity contribution in [3.05, 3.63) is 35.4 Å². The zero-order valence-corrected chi connectivity index (χ0v) is 17.1. The van der Waals surface area contributed by atoms with E-state index in [2.05, 4.69) is 10.6 Å². The molecule has 0 aliphatic heterocycles. The zero-order chi connectivity index (χ0) is 21.2. The zero-order valence-electron chi connectivity index (χ0n) is 17.1. The number of nitrogens with two attached hydrogens (primary N) is 1. The van der Waals surface area contributed by atoms with Crippen LogP contribution >= 0.6 is 0 Å². The molecule has 0 saturated carbocycles. The van der Waals surface area contributed by atoms with E-state index in [-0.39, 0.29) is 11.8 Å². The lowest BCUT2D eigenvalue weighted by Crippen LogP contribution is -2.27. The summed E-state index contributed by atoms with van der Waals surface area (Å²) in [5, 5.41) is 5.32. The van der Waals surface area contributed by atoms with Crippen LogP contribution in [0.4, 0.5) is 0 Å². The summed E-state index contributed by atoms with van der Waals surface area (Å²) in [6.07, 6.45) is 0.352. The van der Waals surface area contributed by atoms with Crippen molar-refractivity contribution >= 4 is 11.8 Å². The van der Waals surface area contributed by atoms with Crippen LogP contribution in [0, 0.1) is 0 Å². The van der Waals surface area contributed by atoms with Gasteiger partial charge in [-0.3, -0.25) is 9.59 Å². The second-order valence-electron chi connectivity index (χ2n) is 6.03. The van der Waals surface area contributed by atoms with Gasteiger partial charge in [0.15, 0.2) is 0 Å². The fraction of sp³-hybridized carbons (Fsp3) is 0.600. The molecule has 29 heavy (non-hydrogen) atoms. The van der Waals surface area contributed by atoms with Crippen molar-refractivity contribution in [2.24, 2.45) is 5.73 Å². The Labute approximate surface area is 172 Å². The number of hydrogen-bond donors (Lipinski definition) is 3. The molecule has 0 bridgehead atoms. The first-order valence-electron chi connectivity index (χ1n) is 9.76. The van der Waals surface area contributed by atoms with Gasteiger partial charge >= 0.3 is 0 Å². The Morgan fingerprint density at radius 3 is 1.86 bits per heavy atom. The van der Waals surface area contributed by atoms with Gasteiger partial charge in [-0.15, -0.1) is 0 Å². The molecule has 0 fully saturated rings. The summed E-state index contributed by atoms with van der Waals surface area (Å²) in [6.45, 7) is 4.45. The van der Waals surface area contributed by atoms with E-state index in [1.807, 2.05) is 12.1 Å². The molecular formula is C20H33N3O6. The van der Waals surface area contributed by atoms with Crippen molar-refractivity contribution in [2.75, 3.05) is 66.4 Å². The largest absolute Gasteiger partial charge is 0.379 e. The third-order valence-electron chi connectivity index (χ3n) is 3.85.